The van der Waals surface area contributed by atoms with Crippen molar-refractivity contribution in [3.8, 4) is 23.3 Å². The van der Waals surface area contributed by atoms with E-state index in [9.17, 15) is 0 Å². The van der Waals surface area contributed by atoms with Gasteiger partial charge in [-0.3, -0.25) is 0 Å². The number of guanidine groups is 1. The second-order valence-corrected chi connectivity index (χ2v) is 3.97. The lowest BCUT2D eigenvalue weighted by Gasteiger charge is -2.10. The van der Waals surface area contributed by atoms with Gasteiger partial charge in [-0.05, 0) is 19.1 Å². The van der Waals surface area contributed by atoms with Crippen molar-refractivity contribution in [3.05, 3.63) is 18.2 Å². The first-order chi connectivity index (χ1) is 9.29. The van der Waals surface area contributed by atoms with E-state index in [0.29, 0.717) is 25.7 Å². The standard InChI is InChI=1S/C14H17N3O2/c1-2-3-7-16-14(15)17-11-5-6-12-13(10-11)19-9-4-8-18-12/h5-6,10H,4,7-9H2,1H3,(H3,15,16,17). The van der Waals surface area contributed by atoms with Gasteiger partial charge < -0.3 is 20.5 Å². The highest BCUT2D eigenvalue weighted by molar-refractivity contribution is 5.92. The first-order valence-corrected chi connectivity index (χ1v) is 6.16. The lowest BCUT2D eigenvalue weighted by Crippen LogP contribution is -2.22. The third-order valence-electron chi connectivity index (χ3n) is 2.53. The van der Waals surface area contributed by atoms with E-state index in [4.69, 9.17) is 15.2 Å². The molecule has 5 nitrogen and oxygen atoms in total. The van der Waals surface area contributed by atoms with Gasteiger partial charge in [-0.2, -0.15) is 0 Å². The van der Waals surface area contributed by atoms with Gasteiger partial charge in [0.2, 0.25) is 0 Å². The molecule has 0 radical (unpaired) electrons. The second kappa shape index (κ2) is 6.55. The van der Waals surface area contributed by atoms with Crippen LogP contribution in [-0.2, 0) is 0 Å². The molecule has 1 aliphatic heterocycles. The van der Waals surface area contributed by atoms with E-state index in [1.807, 2.05) is 18.2 Å². The van der Waals surface area contributed by atoms with Crippen molar-refractivity contribution >= 4 is 11.6 Å². The SMILES string of the molecule is CC#CCN=C(N)Nc1ccc2c(c1)OCCCO2. The third kappa shape index (κ3) is 3.81. The van der Waals surface area contributed by atoms with Crippen molar-refractivity contribution in [2.24, 2.45) is 10.7 Å². The van der Waals surface area contributed by atoms with Crippen LogP contribution in [0, 0.1) is 11.8 Å². The molecule has 2 rings (SSSR count). The molecule has 1 aliphatic rings. The van der Waals surface area contributed by atoms with Crippen LogP contribution in [0.5, 0.6) is 11.5 Å². The molecule has 100 valence electrons. The fourth-order valence-corrected chi connectivity index (χ4v) is 1.63. The Morgan fingerprint density at radius 2 is 2.16 bits per heavy atom. The molecule has 0 amide bonds. The minimum atomic E-state index is 0.331. The molecule has 5 heteroatoms. The maximum atomic E-state index is 5.75. The number of aliphatic imine (C=N–C) groups is 1. The van der Waals surface area contributed by atoms with E-state index in [1.165, 1.54) is 0 Å². The van der Waals surface area contributed by atoms with Crippen molar-refractivity contribution in [2.75, 3.05) is 25.1 Å². The summed E-state index contributed by atoms with van der Waals surface area (Å²) in [5, 5.41) is 3.00. The topological polar surface area (TPSA) is 68.9 Å². The minimum Gasteiger partial charge on any atom is -0.490 e. The van der Waals surface area contributed by atoms with Gasteiger partial charge in [-0.1, -0.05) is 5.92 Å². The highest BCUT2D eigenvalue weighted by Gasteiger charge is 2.10. The number of ether oxygens (including phenoxy) is 2. The van der Waals surface area contributed by atoms with Crippen LogP contribution in [0.15, 0.2) is 23.2 Å². The predicted octanol–water partition coefficient (Wildman–Crippen LogP) is 1.60. The van der Waals surface area contributed by atoms with Crippen molar-refractivity contribution in [3.63, 3.8) is 0 Å². The van der Waals surface area contributed by atoms with Gasteiger partial charge in [0.1, 0.15) is 6.54 Å². The predicted molar refractivity (Wildman–Crippen MR) is 75.6 cm³/mol. The van der Waals surface area contributed by atoms with E-state index in [1.54, 1.807) is 6.92 Å². The van der Waals surface area contributed by atoms with Crippen molar-refractivity contribution in [2.45, 2.75) is 13.3 Å². The average Bonchev–Trinajstić information content (AvgIpc) is 2.63. The highest BCUT2D eigenvalue weighted by atomic mass is 16.5. The Balaban J connectivity index is 2.06. The molecule has 1 aromatic carbocycles. The summed E-state index contributed by atoms with van der Waals surface area (Å²) >= 11 is 0. The molecule has 0 aliphatic carbocycles. The second-order valence-electron chi connectivity index (χ2n) is 3.97. The van der Waals surface area contributed by atoms with Gasteiger partial charge in [-0.25, -0.2) is 4.99 Å². The minimum absolute atomic E-state index is 0.331. The number of benzene rings is 1. The molecule has 0 fully saturated rings. The zero-order valence-electron chi connectivity index (χ0n) is 10.9. The summed E-state index contributed by atoms with van der Waals surface area (Å²) in [6.45, 7) is 3.49. The number of hydrogen-bond acceptors (Lipinski definition) is 3. The van der Waals surface area contributed by atoms with Gasteiger partial charge in [0, 0.05) is 18.2 Å². The van der Waals surface area contributed by atoms with Crippen LogP contribution < -0.4 is 20.5 Å². The Kier molecular flexibility index (Phi) is 4.51. The first kappa shape index (κ1) is 13.1. The molecule has 0 saturated heterocycles. The zero-order chi connectivity index (χ0) is 13.5. The summed E-state index contributed by atoms with van der Waals surface area (Å²) in [6.07, 6.45) is 0.886. The van der Waals surface area contributed by atoms with Crippen molar-refractivity contribution < 1.29 is 9.47 Å². The molecule has 0 bridgehead atoms. The summed E-state index contributed by atoms with van der Waals surface area (Å²) in [4.78, 5) is 4.08. The van der Waals surface area contributed by atoms with E-state index < -0.39 is 0 Å². The maximum Gasteiger partial charge on any atom is 0.194 e. The average molecular weight is 259 g/mol. The maximum absolute atomic E-state index is 5.75. The van der Waals surface area contributed by atoms with Crippen LogP contribution >= 0.6 is 0 Å². The number of hydrogen-bond donors (Lipinski definition) is 2. The monoisotopic (exact) mass is 259 g/mol. The number of nitrogens with zero attached hydrogens (tertiary/aromatic N) is 1. The fraction of sp³-hybridized carbons (Fsp3) is 0.357. The van der Waals surface area contributed by atoms with Crippen LogP contribution in [0.4, 0.5) is 5.69 Å². The molecule has 19 heavy (non-hydrogen) atoms. The molecule has 0 unspecified atom stereocenters. The molecule has 1 aromatic rings. The fourth-order valence-electron chi connectivity index (χ4n) is 1.63. The van der Waals surface area contributed by atoms with E-state index >= 15 is 0 Å². The lowest BCUT2D eigenvalue weighted by molar-refractivity contribution is 0.297. The Morgan fingerprint density at radius 1 is 1.37 bits per heavy atom. The summed E-state index contributed by atoms with van der Waals surface area (Å²) in [5.41, 5.74) is 6.57. The van der Waals surface area contributed by atoms with Crippen molar-refractivity contribution in [1.29, 1.82) is 0 Å². The smallest absolute Gasteiger partial charge is 0.194 e. The van der Waals surface area contributed by atoms with Crippen LogP contribution in [0.2, 0.25) is 0 Å². The Labute approximate surface area is 112 Å². The first-order valence-electron chi connectivity index (χ1n) is 6.16. The largest absolute Gasteiger partial charge is 0.490 e. The van der Waals surface area contributed by atoms with Gasteiger partial charge in [0.15, 0.2) is 17.5 Å². The molecular weight excluding hydrogens is 242 g/mol. The van der Waals surface area contributed by atoms with Gasteiger partial charge in [0.25, 0.3) is 0 Å². The zero-order valence-corrected chi connectivity index (χ0v) is 10.9. The molecule has 0 spiro atoms. The normalized spacial score (nSPS) is 14.1. The van der Waals surface area contributed by atoms with Gasteiger partial charge in [-0.15, -0.1) is 5.92 Å². The van der Waals surface area contributed by atoms with Crippen LogP contribution in [0.25, 0.3) is 0 Å². The lowest BCUT2D eigenvalue weighted by atomic mass is 10.3. The summed E-state index contributed by atoms with van der Waals surface area (Å²) in [6, 6.07) is 5.60. The number of fused-ring (bicyclic) bond motifs is 1. The van der Waals surface area contributed by atoms with Crippen LogP contribution in [-0.4, -0.2) is 25.7 Å². The summed E-state index contributed by atoms with van der Waals surface area (Å²) < 4.78 is 11.2. The molecular formula is C14H17N3O2. The highest BCUT2D eigenvalue weighted by Crippen LogP contribution is 2.32. The summed E-state index contributed by atoms with van der Waals surface area (Å²) in [7, 11) is 0. The van der Waals surface area contributed by atoms with Crippen molar-refractivity contribution in [1.82, 2.24) is 0 Å². The molecule has 0 atom stereocenters. The van der Waals surface area contributed by atoms with Gasteiger partial charge >= 0.3 is 0 Å². The Hall–Kier alpha value is -2.35. The third-order valence-corrected chi connectivity index (χ3v) is 2.53. The van der Waals surface area contributed by atoms with E-state index in [2.05, 4.69) is 22.2 Å². The Morgan fingerprint density at radius 3 is 2.95 bits per heavy atom. The Bertz CT molecular complexity index is 529. The summed E-state index contributed by atoms with van der Waals surface area (Å²) in [5.74, 6) is 7.39. The van der Waals surface area contributed by atoms with E-state index in [-0.39, 0.29) is 0 Å². The molecule has 0 saturated carbocycles. The number of nitrogens with two attached hydrogens (primary N) is 1. The molecule has 0 aromatic heterocycles. The van der Waals surface area contributed by atoms with E-state index in [0.717, 1.165) is 23.6 Å². The van der Waals surface area contributed by atoms with Crippen LogP contribution in [0.3, 0.4) is 0 Å². The quantitative estimate of drug-likeness (QED) is 0.481. The molecule has 1 heterocycles. The number of rotatable bonds is 2. The number of anilines is 1. The number of nitrogens with one attached hydrogen (secondary N) is 1. The van der Waals surface area contributed by atoms with Crippen LogP contribution in [0.1, 0.15) is 13.3 Å². The molecule has 3 N–H and O–H groups in total. The van der Waals surface area contributed by atoms with Gasteiger partial charge in [0.05, 0.1) is 13.2 Å².